The Labute approximate surface area is 60.9 Å². The second-order valence-electron chi connectivity index (χ2n) is 2.38. The fourth-order valence-electron chi connectivity index (χ4n) is 0.505. The first-order valence-electron chi connectivity index (χ1n) is 3.33. The molecule has 4 nitrogen and oxygen atoms in total. The highest BCUT2D eigenvalue weighted by molar-refractivity contribution is 5.75. The maximum Gasteiger partial charge on any atom is 0.185 e. The molecule has 0 aromatic heterocycles. The molecule has 0 aromatic rings. The molecule has 1 atom stereocenters. The Morgan fingerprint density at radius 3 is 2.60 bits per heavy atom. The molecule has 0 heterocycles. The first kappa shape index (κ1) is 9.23. The highest BCUT2D eigenvalue weighted by Crippen LogP contribution is 1.98. The van der Waals surface area contributed by atoms with E-state index in [1.165, 1.54) is 0 Å². The third-order valence-corrected chi connectivity index (χ3v) is 1.23. The van der Waals surface area contributed by atoms with Gasteiger partial charge in [-0.25, -0.2) is 0 Å². The minimum atomic E-state index is 0.116. The summed E-state index contributed by atoms with van der Waals surface area (Å²) >= 11 is 0. The number of nitrogens with zero attached hydrogens (tertiary/aromatic N) is 1. The average Bonchev–Trinajstić information content (AvgIpc) is 1.87. The van der Waals surface area contributed by atoms with Gasteiger partial charge in [0.1, 0.15) is 0 Å². The summed E-state index contributed by atoms with van der Waals surface area (Å²) in [6.45, 7) is 2.74. The second-order valence-corrected chi connectivity index (χ2v) is 2.38. The fraction of sp³-hybridized carbons (Fsp3) is 0.833. The highest BCUT2D eigenvalue weighted by Gasteiger charge is 1.96. The molecule has 0 aliphatic heterocycles. The monoisotopic (exact) mass is 145 g/mol. The van der Waals surface area contributed by atoms with Crippen LogP contribution in [0, 0.1) is 5.92 Å². The van der Waals surface area contributed by atoms with E-state index >= 15 is 0 Å². The molecular weight excluding hydrogens is 130 g/mol. The van der Waals surface area contributed by atoms with Crippen LogP contribution >= 0.6 is 0 Å². The number of hydrogen-bond acceptors (Lipinski definition) is 2. The molecule has 0 spiro atoms. The summed E-state index contributed by atoms with van der Waals surface area (Å²) in [6.07, 6.45) is 0.828. The molecule has 0 aromatic carbocycles. The van der Waals surface area contributed by atoms with Crippen LogP contribution < -0.4 is 11.5 Å². The first-order valence-corrected chi connectivity index (χ1v) is 3.33. The van der Waals surface area contributed by atoms with Gasteiger partial charge in [-0.2, -0.15) is 0 Å². The number of aliphatic hydroxyl groups is 1. The van der Waals surface area contributed by atoms with Gasteiger partial charge in [0.25, 0.3) is 0 Å². The van der Waals surface area contributed by atoms with Crippen LogP contribution in [0.1, 0.15) is 13.3 Å². The molecule has 0 bridgehead atoms. The zero-order valence-corrected chi connectivity index (χ0v) is 6.25. The van der Waals surface area contributed by atoms with Crippen molar-refractivity contribution in [3.05, 3.63) is 0 Å². The lowest BCUT2D eigenvalue weighted by molar-refractivity contribution is 0.232. The highest BCUT2D eigenvalue weighted by atomic mass is 16.3. The van der Waals surface area contributed by atoms with E-state index in [9.17, 15) is 0 Å². The summed E-state index contributed by atoms with van der Waals surface area (Å²) in [5, 5.41) is 8.59. The van der Waals surface area contributed by atoms with Crippen LogP contribution in [0.4, 0.5) is 0 Å². The van der Waals surface area contributed by atoms with Crippen molar-refractivity contribution >= 4 is 5.96 Å². The lowest BCUT2D eigenvalue weighted by Crippen LogP contribution is -2.23. The Morgan fingerprint density at radius 1 is 1.60 bits per heavy atom. The molecule has 0 saturated heterocycles. The topological polar surface area (TPSA) is 84.6 Å². The third kappa shape index (κ3) is 5.37. The fourth-order valence-corrected chi connectivity index (χ4v) is 0.505. The van der Waals surface area contributed by atoms with E-state index in [4.69, 9.17) is 16.6 Å². The number of hydrogen-bond donors (Lipinski definition) is 3. The summed E-state index contributed by atoms with van der Waals surface area (Å²) in [4.78, 5) is 3.77. The Kier molecular flexibility index (Phi) is 4.66. The quantitative estimate of drug-likeness (QED) is 0.360. The van der Waals surface area contributed by atoms with Crippen LogP contribution in [-0.4, -0.2) is 24.2 Å². The summed E-state index contributed by atoms with van der Waals surface area (Å²) in [6, 6.07) is 0. The number of aliphatic hydroxyl groups excluding tert-OH is 1. The largest absolute Gasteiger partial charge is 0.396 e. The summed E-state index contributed by atoms with van der Waals surface area (Å²) < 4.78 is 0. The van der Waals surface area contributed by atoms with Gasteiger partial charge < -0.3 is 16.6 Å². The molecular formula is C6H15N3O. The number of nitrogens with two attached hydrogens (primary N) is 2. The SMILES string of the molecule is CC(CO)CCN=C(N)N. The normalized spacial score (nSPS) is 12.6. The van der Waals surface area contributed by atoms with Gasteiger partial charge in [-0.15, -0.1) is 0 Å². The number of aliphatic imine (C=N–C) groups is 1. The lowest BCUT2D eigenvalue weighted by atomic mass is 10.1. The molecule has 1 unspecified atom stereocenters. The second kappa shape index (κ2) is 5.05. The minimum absolute atomic E-state index is 0.116. The van der Waals surface area contributed by atoms with Crippen molar-refractivity contribution in [3.63, 3.8) is 0 Å². The predicted molar refractivity (Wildman–Crippen MR) is 41.5 cm³/mol. The van der Waals surface area contributed by atoms with Gasteiger partial charge in [0, 0.05) is 13.2 Å². The molecule has 0 rings (SSSR count). The van der Waals surface area contributed by atoms with Crippen molar-refractivity contribution in [2.75, 3.05) is 13.2 Å². The third-order valence-electron chi connectivity index (χ3n) is 1.23. The average molecular weight is 145 g/mol. The molecule has 0 radical (unpaired) electrons. The van der Waals surface area contributed by atoms with Crippen LogP contribution in [0.25, 0.3) is 0 Å². The lowest BCUT2D eigenvalue weighted by Gasteiger charge is -2.03. The summed E-state index contributed by atoms with van der Waals surface area (Å²) in [5.74, 6) is 0.397. The summed E-state index contributed by atoms with van der Waals surface area (Å²) in [7, 11) is 0. The van der Waals surface area contributed by atoms with E-state index in [0.29, 0.717) is 6.54 Å². The molecule has 0 aliphatic carbocycles. The van der Waals surface area contributed by atoms with Gasteiger partial charge in [0.05, 0.1) is 0 Å². The molecule has 0 aliphatic rings. The van der Waals surface area contributed by atoms with E-state index in [2.05, 4.69) is 4.99 Å². The van der Waals surface area contributed by atoms with Crippen molar-refractivity contribution in [2.24, 2.45) is 22.4 Å². The molecule has 4 heteroatoms. The van der Waals surface area contributed by atoms with Crippen molar-refractivity contribution in [3.8, 4) is 0 Å². The van der Waals surface area contributed by atoms with Gasteiger partial charge in [0.2, 0.25) is 0 Å². The van der Waals surface area contributed by atoms with Gasteiger partial charge in [-0.1, -0.05) is 6.92 Å². The van der Waals surface area contributed by atoms with Crippen molar-refractivity contribution in [2.45, 2.75) is 13.3 Å². The van der Waals surface area contributed by atoms with Crippen LogP contribution in [0.15, 0.2) is 4.99 Å². The van der Waals surface area contributed by atoms with E-state index in [0.717, 1.165) is 6.42 Å². The van der Waals surface area contributed by atoms with E-state index < -0.39 is 0 Å². The molecule has 0 fully saturated rings. The van der Waals surface area contributed by atoms with Gasteiger partial charge in [-0.05, 0) is 12.3 Å². The molecule has 60 valence electrons. The maximum atomic E-state index is 8.59. The number of rotatable bonds is 4. The molecule has 0 saturated carbocycles. The molecule has 0 amide bonds. The van der Waals surface area contributed by atoms with Gasteiger partial charge >= 0.3 is 0 Å². The minimum Gasteiger partial charge on any atom is -0.396 e. The zero-order valence-electron chi connectivity index (χ0n) is 6.25. The molecule has 5 N–H and O–H groups in total. The first-order chi connectivity index (χ1) is 4.66. The van der Waals surface area contributed by atoms with Gasteiger partial charge in [0.15, 0.2) is 5.96 Å². The zero-order chi connectivity index (χ0) is 7.98. The Bertz CT molecular complexity index is 110. The molecule has 10 heavy (non-hydrogen) atoms. The summed E-state index contributed by atoms with van der Waals surface area (Å²) in [5.41, 5.74) is 10.2. The number of guanidine groups is 1. The van der Waals surface area contributed by atoms with Crippen LogP contribution in [0.3, 0.4) is 0 Å². The predicted octanol–water partition coefficient (Wildman–Crippen LogP) is -0.722. The van der Waals surface area contributed by atoms with Gasteiger partial charge in [-0.3, -0.25) is 4.99 Å². The maximum absolute atomic E-state index is 8.59. The standard InChI is InChI=1S/C6H15N3O/c1-5(4-10)2-3-9-6(7)8/h5,10H,2-4H2,1H3,(H4,7,8,9). The van der Waals surface area contributed by atoms with Crippen molar-refractivity contribution < 1.29 is 5.11 Å². The van der Waals surface area contributed by atoms with Crippen LogP contribution in [-0.2, 0) is 0 Å². The Morgan fingerprint density at radius 2 is 2.20 bits per heavy atom. The van der Waals surface area contributed by atoms with E-state index in [1.54, 1.807) is 0 Å². The Hall–Kier alpha value is -0.770. The van der Waals surface area contributed by atoms with Crippen molar-refractivity contribution in [1.82, 2.24) is 0 Å². The Balaban J connectivity index is 3.28. The smallest absolute Gasteiger partial charge is 0.185 e. The van der Waals surface area contributed by atoms with E-state index in [1.807, 2.05) is 6.92 Å². The van der Waals surface area contributed by atoms with Crippen molar-refractivity contribution in [1.29, 1.82) is 0 Å². The van der Waals surface area contributed by atoms with E-state index in [-0.39, 0.29) is 18.5 Å². The van der Waals surface area contributed by atoms with Crippen LogP contribution in [0.2, 0.25) is 0 Å². The van der Waals surface area contributed by atoms with Crippen LogP contribution in [0.5, 0.6) is 0 Å².